The summed E-state index contributed by atoms with van der Waals surface area (Å²) >= 11 is 5.81. The molecular weight excluding hydrogens is 442 g/mol. The number of hydrogen-bond acceptors (Lipinski definition) is 5. The van der Waals surface area contributed by atoms with E-state index in [1.165, 1.54) is 29.0 Å². The molecule has 1 heterocycles. The maximum absolute atomic E-state index is 14.2. The predicted octanol–water partition coefficient (Wildman–Crippen LogP) is 5.71. The number of halogens is 5. The van der Waals surface area contributed by atoms with Gasteiger partial charge in [0.1, 0.15) is 23.4 Å². The van der Waals surface area contributed by atoms with Crippen molar-refractivity contribution in [1.29, 1.82) is 0 Å². The lowest BCUT2D eigenvalue weighted by Crippen LogP contribution is -2.23. The van der Waals surface area contributed by atoms with Crippen molar-refractivity contribution in [2.75, 3.05) is 0 Å². The standard InChI is InChI=1S/C20H16ClF4N3O3/c1-4-10(2)30-19(29)11(3)28-17-9-13(5-6-16(17)26-27-28)31-18-14(21)7-12(8-15(18)22)20(23,24)25/h4-11H,1H2,2-3H3. The van der Waals surface area contributed by atoms with Gasteiger partial charge in [0, 0.05) is 6.07 Å². The van der Waals surface area contributed by atoms with Crippen molar-refractivity contribution in [2.24, 2.45) is 0 Å². The molecule has 2 unspecified atom stereocenters. The molecule has 2 atom stereocenters. The number of carbonyl (C=O) groups is 1. The van der Waals surface area contributed by atoms with Gasteiger partial charge in [0.15, 0.2) is 11.6 Å². The first-order valence-corrected chi connectivity index (χ1v) is 9.31. The number of alkyl halides is 3. The van der Waals surface area contributed by atoms with Crippen LogP contribution in [-0.4, -0.2) is 27.1 Å². The zero-order chi connectivity index (χ0) is 22.9. The highest BCUT2D eigenvalue weighted by atomic mass is 35.5. The SMILES string of the molecule is C=CC(C)OC(=O)C(C)n1nnc2ccc(Oc3c(F)cc(C(F)(F)F)cc3Cl)cc21. The summed E-state index contributed by atoms with van der Waals surface area (Å²) in [7, 11) is 0. The molecule has 164 valence electrons. The fourth-order valence-electron chi connectivity index (χ4n) is 2.63. The number of ether oxygens (including phenoxy) is 2. The van der Waals surface area contributed by atoms with Crippen LogP contribution in [-0.2, 0) is 15.7 Å². The highest BCUT2D eigenvalue weighted by molar-refractivity contribution is 6.32. The number of benzene rings is 2. The van der Waals surface area contributed by atoms with Crippen molar-refractivity contribution in [3.63, 3.8) is 0 Å². The van der Waals surface area contributed by atoms with Crippen molar-refractivity contribution >= 4 is 28.6 Å². The molecule has 0 amide bonds. The first-order valence-electron chi connectivity index (χ1n) is 8.93. The van der Waals surface area contributed by atoms with Gasteiger partial charge in [-0.3, -0.25) is 0 Å². The van der Waals surface area contributed by atoms with Crippen LogP contribution < -0.4 is 4.74 Å². The molecule has 0 N–H and O–H groups in total. The van der Waals surface area contributed by atoms with E-state index in [4.69, 9.17) is 21.1 Å². The molecule has 0 saturated heterocycles. The monoisotopic (exact) mass is 457 g/mol. The molecule has 31 heavy (non-hydrogen) atoms. The molecule has 0 spiro atoms. The van der Waals surface area contributed by atoms with Crippen LogP contribution in [0.4, 0.5) is 17.6 Å². The minimum absolute atomic E-state index is 0.0524. The quantitative estimate of drug-likeness (QED) is 0.269. The number of aromatic nitrogens is 3. The van der Waals surface area contributed by atoms with Gasteiger partial charge in [-0.15, -0.1) is 5.10 Å². The second-order valence-corrected chi connectivity index (χ2v) is 7.01. The van der Waals surface area contributed by atoms with E-state index >= 15 is 0 Å². The number of fused-ring (bicyclic) bond motifs is 1. The first-order chi connectivity index (χ1) is 14.5. The van der Waals surface area contributed by atoms with Crippen LogP contribution in [0.5, 0.6) is 11.5 Å². The summed E-state index contributed by atoms with van der Waals surface area (Å²) in [4.78, 5) is 12.3. The average molecular weight is 458 g/mol. The fourth-order valence-corrected chi connectivity index (χ4v) is 2.88. The zero-order valence-electron chi connectivity index (χ0n) is 16.3. The van der Waals surface area contributed by atoms with E-state index in [0.717, 1.165) is 0 Å². The van der Waals surface area contributed by atoms with Crippen molar-refractivity contribution in [3.05, 3.63) is 59.4 Å². The summed E-state index contributed by atoms with van der Waals surface area (Å²) in [5.74, 6) is -2.37. The van der Waals surface area contributed by atoms with Gasteiger partial charge in [-0.1, -0.05) is 29.5 Å². The van der Waals surface area contributed by atoms with E-state index in [1.54, 1.807) is 13.8 Å². The molecule has 6 nitrogen and oxygen atoms in total. The molecule has 0 aliphatic carbocycles. The summed E-state index contributed by atoms with van der Waals surface area (Å²) in [5, 5.41) is 7.33. The third-order valence-electron chi connectivity index (χ3n) is 4.33. The van der Waals surface area contributed by atoms with Crippen LogP contribution in [0.1, 0.15) is 25.5 Å². The minimum Gasteiger partial charge on any atom is -0.457 e. The average Bonchev–Trinajstić information content (AvgIpc) is 3.12. The van der Waals surface area contributed by atoms with Crippen LogP contribution in [0.25, 0.3) is 11.0 Å². The van der Waals surface area contributed by atoms with Crippen LogP contribution in [0.2, 0.25) is 5.02 Å². The second-order valence-electron chi connectivity index (χ2n) is 6.61. The number of nitrogens with zero attached hydrogens (tertiary/aromatic N) is 3. The highest BCUT2D eigenvalue weighted by Gasteiger charge is 2.32. The lowest BCUT2D eigenvalue weighted by molar-refractivity contribution is -0.150. The topological polar surface area (TPSA) is 66.2 Å². The Kier molecular flexibility index (Phi) is 6.21. The first kappa shape index (κ1) is 22.5. The molecule has 0 saturated carbocycles. The molecule has 3 aromatic rings. The zero-order valence-corrected chi connectivity index (χ0v) is 17.0. The van der Waals surface area contributed by atoms with Crippen molar-refractivity contribution in [1.82, 2.24) is 15.0 Å². The smallest absolute Gasteiger partial charge is 0.416 e. The summed E-state index contributed by atoms with van der Waals surface area (Å²) in [6.45, 7) is 6.73. The molecular formula is C20H16ClF4N3O3. The molecule has 11 heteroatoms. The Hall–Kier alpha value is -3.14. The van der Waals surface area contributed by atoms with Gasteiger partial charge in [0.2, 0.25) is 0 Å². The van der Waals surface area contributed by atoms with Crippen molar-refractivity contribution < 1.29 is 31.8 Å². The third kappa shape index (κ3) is 4.79. The fraction of sp³-hybridized carbons (Fsp3) is 0.250. The van der Waals surface area contributed by atoms with E-state index in [0.29, 0.717) is 23.2 Å². The van der Waals surface area contributed by atoms with Gasteiger partial charge in [-0.05, 0) is 38.1 Å². The minimum atomic E-state index is -4.76. The Labute approximate surface area is 179 Å². The van der Waals surface area contributed by atoms with Gasteiger partial charge < -0.3 is 9.47 Å². The molecule has 3 rings (SSSR count). The number of esters is 1. The molecule has 0 radical (unpaired) electrons. The van der Waals surface area contributed by atoms with Crippen LogP contribution in [0, 0.1) is 5.82 Å². The molecule has 0 aliphatic heterocycles. The van der Waals surface area contributed by atoms with E-state index in [-0.39, 0.29) is 5.75 Å². The number of rotatable bonds is 6. The van der Waals surface area contributed by atoms with Crippen molar-refractivity contribution in [2.45, 2.75) is 32.2 Å². The van der Waals surface area contributed by atoms with E-state index < -0.39 is 46.4 Å². The Balaban J connectivity index is 1.93. The third-order valence-corrected chi connectivity index (χ3v) is 4.61. The molecule has 2 aromatic carbocycles. The molecule has 0 bridgehead atoms. The Morgan fingerprint density at radius 3 is 2.58 bits per heavy atom. The summed E-state index contributed by atoms with van der Waals surface area (Å²) < 4.78 is 64.5. The number of hydrogen-bond donors (Lipinski definition) is 0. The number of carbonyl (C=O) groups excluding carboxylic acids is 1. The summed E-state index contributed by atoms with van der Waals surface area (Å²) in [6.07, 6.45) is -3.81. The van der Waals surface area contributed by atoms with E-state index in [1.807, 2.05) is 0 Å². The largest absolute Gasteiger partial charge is 0.457 e. The van der Waals surface area contributed by atoms with E-state index in [9.17, 15) is 22.4 Å². The summed E-state index contributed by atoms with van der Waals surface area (Å²) in [6, 6.07) is 4.33. The van der Waals surface area contributed by atoms with E-state index in [2.05, 4.69) is 16.9 Å². The molecule has 0 aliphatic rings. The van der Waals surface area contributed by atoms with Crippen LogP contribution in [0.3, 0.4) is 0 Å². The summed E-state index contributed by atoms with van der Waals surface area (Å²) in [5.41, 5.74) is -0.472. The lowest BCUT2D eigenvalue weighted by Gasteiger charge is -2.15. The maximum atomic E-state index is 14.2. The normalized spacial score (nSPS) is 13.6. The highest BCUT2D eigenvalue weighted by Crippen LogP contribution is 2.39. The Bertz CT molecular complexity index is 1120. The maximum Gasteiger partial charge on any atom is 0.416 e. The van der Waals surface area contributed by atoms with Crippen LogP contribution in [0.15, 0.2) is 43.0 Å². The molecule has 0 fully saturated rings. The molecule has 1 aromatic heterocycles. The van der Waals surface area contributed by atoms with Crippen molar-refractivity contribution in [3.8, 4) is 11.5 Å². The lowest BCUT2D eigenvalue weighted by atomic mass is 10.2. The van der Waals surface area contributed by atoms with Gasteiger partial charge in [0.25, 0.3) is 0 Å². The van der Waals surface area contributed by atoms with Gasteiger partial charge in [-0.25, -0.2) is 13.9 Å². The van der Waals surface area contributed by atoms with Gasteiger partial charge >= 0.3 is 12.1 Å². The predicted molar refractivity (Wildman–Crippen MR) is 104 cm³/mol. The second kappa shape index (κ2) is 8.54. The van der Waals surface area contributed by atoms with Crippen LogP contribution >= 0.6 is 11.6 Å². The Morgan fingerprint density at radius 2 is 1.97 bits per heavy atom. The Morgan fingerprint density at radius 1 is 1.26 bits per heavy atom. The van der Waals surface area contributed by atoms with Gasteiger partial charge in [-0.2, -0.15) is 13.2 Å². The van der Waals surface area contributed by atoms with Gasteiger partial charge in [0.05, 0.1) is 16.1 Å².